The zero-order valence-electron chi connectivity index (χ0n) is 17.9. The number of carbonyl (C=O) groups is 1. The van der Waals surface area contributed by atoms with E-state index in [-0.39, 0.29) is 11.5 Å². The first-order valence-corrected chi connectivity index (χ1v) is 11.3. The minimum atomic E-state index is -3.28. The molecule has 0 heterocycles. The Bertz CT molecular complexity index is 863. The molecule has 152 valence electrons. The minimum absolute atomic E-state index is 0.0507. The van der Waals surface area contributed by atoms with Gasteiger partial charge in [-0.1, -0.05) is 51.1 Å². The van der Waals surface area contributed by atoms with E-state index >= 15 is 0 Å². The lowest BCUT2D eigenvalue weighted by molar-refractivity contribution is 0.00710. The van der Waals surface area contributed by atoms with Crippen LogP contribution in [0.15, 0.2) is 54.6 Å². The summed E-state index contributed by atoms with van der Waals surface area (Å²) in [5.74, 6) is -0.468. The van der Waals surface area contributed by atoms with Crippen molar-refractivity contribution in [1.29, 1.82) is 0 Å². The Balaban J connectivity index is 2.63. The van der Waals surface area contributed by atoms with Gasteiger partial charge in [-0.05, 0) is 57.4 Å². The van der Waals surface area contributed by atoms with Gasteiger partial charge in [0.15, 0.2) is 0 Å². The first-order valence-electron chi connectivity index (χ1n) is 9.61. The second kappa shape index (κ2) is 8.23. The number of hydrogen-bond acceptors (Lipinski definition) is 3. The van der Waals surface area contributed by atoms with Gasteiger partial charge in [0.1, 0.15) is 5.60 Å². The maximum absolute atomic E-state index is 14.4. The third kappa shape index (κ3) is 5.33. The molecule has 2 aromatic carbocycles. The van der Waals surface area contributed by atoms with E-state index < -0.39 is 18.9 Å². The van der Waals surface area contributed by atoms with Gasteiger partial charge in [0, 0.05) is 16.7 Å². The van der Waals surface area contributed by atoms with Crippen LogP contribution in [0.4, 0.5) is 0 Å². The Kier molecular flexibility index (Phi) is 6.58. The fourth-order valence-corrected chi connectivity index (χ4v) is 5.53. The molecule has 0 saturated heterocycles. The molecule has 5 heteroatoms. The van der Waals surface area contributed by atoms with Crippen molar-refractivity contribution in [2.45, 2.75) is 60.1 Å². The number of hydrogen-bond donors (Lipinski definition) is 1. The van der Waals surface area contributed by atoms with Crippen LogP contribution in [0.5, 0.6) is 0 Å². The fourth-order valence-electron chi connectivity index (χ4n) is 2.64. The number of benzene rings is 2. The third-order valence-electron chi connectivity index (χ3n) is 4.66. The molecule has 2 unspecified atom stereocenters. The topological polar surface area (TPSA) is 55.4 Å². The van der Waals surface area contributed by atoms with Crippen molar-refractivity contribution in [3.05, 3.63) is 60.2 Å². The summed E-state index contributed by atoms with van der Waals surface area (Å²) in [7, 11) is -3.28. The van der Waals surface area contributed by atoms with E-state index in [4.69, 9.17) is 4.74 Å². The lowest BCUT2D eigenvalue weighted by atomic mass is 9.89. The molecule has 2 rings (SSSR count). The van der Waals surface area contributed by atoms with Crippen molar-refractivity contribution in [2.75, 3.05) is 0 Å². The van der Waals surface area contributed by atoms with E-state index in [1.165, 1.54) is 0 Å². The van der Waals surface area contributed by atoms with Crippen LogP contribution in [-0.4, -0.2) is 17.6 Å². The predicted octanol–water partition coefficient (Wildman–Crippen LogP) is 4.90. The van der Waals surface area contributed by atoms with Gasteiger partial charge in [0.05, 0.1) is 5.56 Å². The third-order valence-corrected chi connectivity index (χ3v) is 7.50. The summed E-state index contributed by atoms with van der Waals surface area (Å²) in [5, 5.41) is 4.52. The Labute approximate surface area is 169 Å². The number of ether oxygens (including phenoxy) is 1. The molecule has 0 spiro atoms. The summed E-state index contributed by atoms with van der Waals surface area (Å²) in [6, 6.07) is 16.3. The first kappa shape index (κ1) is 22.4. The van der Waals surface area contributed by atoms with Crippen molar-refractivity contribution in [3.8, 4) is 0 Å². The van der Waals surface area contributed by atoms with Crippen LogP contribution in [0.25, 0.3) is 0 Å². The van der Waals surface area contributed by atoms with Gasteiger partial charge in [0.2, 0.25) is 7.29 Å². The van der Waals surface area contributed by atoms with Crippen molar-refractivity contribution in [2.24, 2.45) is 5.41 Å². The summed E-state index contributed by atoms with van der Waals surface area (Å²) in [6.07, 6.45) is 0. The molecule has 2 aromatic rings. The second-order valence-electron chi connectivity index (χ2n) is 9.18. The highest BCUT2D eigenvalue weighted by Crippen LogP contribution is 2.42. The summed E-state index contributed by atoms with van der Waals surface area (Å²) in [4.78, 5) is 12.9. The molecule has 0 aliphatic heterocycles. The molecule has 0 aliphatic carbocycles. The van der Waals surface area contributed by atoms with Gasteiger partial charge >= 0.3 is 5.97 Å². The minimum Gasteiger partial charge on any atom is -0.456 e. The molecule has 0 saturated carbocycles. The SMILES string of the molecule is CC(NP(=O)(c1ccccc1)c1ccccc1C(=O)OC(C)(C)C)C(C)(C)C. The zero-order chi connectivity index (χ0) is 21.2. The van der Waals surface area contributed by atoms with E-state index in [1.807, 2.05) is 64.1 Å². The first-order chi connectivity index (χ1) is 12.8. The average molecular weight is 401 g/mol. The molecular formula is C23H32NO3P. The van der Waals surface area contributed by atoms with Crippen LogP contribution >= 0.6 is 7.29 Å². The Hall–Kier alpha value is -1.90. The predicted molar refractivity (Wildman–Crippen MR) is 117 cm³/mol. The lowest BCUT2D eigenvalue weighted by Gasteiger charge is -2.33. The Morgan fingerprint density at radius 1 is 0.929 bits per heavy atom. The molecule has 0 fully saturated rings. The van der Waals surface area contributed by atoms with E-state index in [9.17, 15) is 9.36 Å². The van der Waals surface area contributed by atoms with Crippen LogP contribution < -0.4 is 15.7 Å². The maximum atomic E-state index is 14.4. The Morgan fingerprint density at radius 3 is 2.00 bits per heavy atom. The second-order valence-corrected chi connectivity index (χ2v) is 11.7. The number of carbonyl (C=O) groups excluding carboxylic acids is 1. The van der Waals surface area contributed by atoms with Crippen LogP contribution in [-0.2, 0) is 9.30 Å². The van der Waals surface area contributed by atoms with E-state index in [0.717, 1.165) is 0 Å². The van der Waals surface area contributed by atoms with Gasteiger partial charge < -0.3 is 4.74 Å². The molecule has 0 radical (unpaired) electrons. The van der Waals surface area contributed by atoms with E-state index in [0.29, 0.717) is 16.2 Å². The van der Waals surface area contributed by atoms with Gasteiger partial charge in [-0.25, -0.2) is 4.79 Å². The van der Waals surface area contributed by atoms with Crippen LogP contribution in [0.3, 0.4) is 0 Å². The molecule has 0 aromatic heterocycles. The molecular weight excluding hydrogens is 369 g/mol. The highest BCUT2D eigenvalue weighted by Gasteiger charge is 2.36. The number of esters is 1. The summed E-state index contributed by atoms with van der Waals surface area (Å²) in [5.41, 5.74) is -0.406. The van der Waals surface area contributed by atoms with Crippen molar-refractivity contribution < 1.29 is 14.1 Å². The summed E-state index contributed by atoms with van der Waals surface area (Å²) >= 11 is 0. The van der Waals surface area contributed by atoms with Gasteiger partial charge in [-0.15, -0.1) is 0 Å². The van der Waals surface area contributed by atoms with E-state index in [1.54, 1.807) is 18.2 Å². The standard InChI is InChI=1S/C23H32NO3P/c1-17(22(2,3)4)24-28(26,18-13-9-8-10-14-18)20-16-12-11-15-19(20)21(25)27-23(5,6)7/h8-17H,1-7H3,(H,24,26). The van der Waals surface area contributed by atoms with Crippen molar-refractivity contribution >= 4 is 23.9 Å². The van der Waals surface area contributed by atoms with Gasteiger partial charge in [0.25, 0.3) is 0 Å². The summed E-state index contributed by atoms with van der Waals surface area (Å²) < 4.78 is 20.0. The van der Waals surface area contributed by atoms with Crippen molar-refractivity contribution in [1.82, 2.24) is 5.09 Å². The smallest absolute Gasteiger partial charge is 0.339 e. The Morgan fingerprint density at radius 2 is 1.46 bits per heavy atom. The molecule has 0 bridgehead atoms. The molecule has 4 nitrogen and oxygen atoms in total. The molecule has 28 heavy (non-hydrogen) atoms. The van der Waals surface area contributed by atoms with Gasteiger partial charge in [-0.3, -0.25) is 9.65 Å². The van der Waals surface area contributed by atoms with Crippen LogP contribution in [0.2, 0.25) is 0 Å². The van der Waals surface area contributed by atoms with Crippen molar-refractivity contribution in [3.63, 3.8) is 0 Å². The van der Waals surface area contributed by atoms with Crippen LogP contribution in [0.1, 0.15) is 58.8 Å². The number of nitrogens with one attached hydrogen (secondary N) is 1. The highest BCUT2D eigenvalue weighted by atomic mass is 31.2. The monoisotopic (exact) mass is 401 g/mol. The largest absolute Gasteiger partial charge is 0.456 e. The number of rotatable bonds is 5. The molecule has 1 N–H and O–H groups in total. The molecule has 0 aliphatic rings. The lowest BCUT2D eigenvalue weighted by Crippen LogP contribution is -2.42. The quantitative estimate of drug-likeness (QED) is 0.572. The van der Waals surface area contributed by atoms with Gasteiger partial charge in [-0.2, -0.15) is 0 Å². The summed E-state index contributed by atoms with van der Waals surface area (Å²) in [6.45, 7) is 13.8. The molecule has 2 atom stereocenters. The fraction of sp³-hybridized carbons (Fsp3) is 0.435. The highest BCUT2D eigenvalue weighted by molar-refractivity contribution is 7.77. The average Bonchev–Trinajstić information content (AvgIpc) is 2.60. The van der Waals surface area contributed by atoms with Crippen LogP contribution in [0, 0.1) is 5.41 Å². The molecule has 0 amide bonds. The van der Waals surface area contributed by atoms with E-state index in [2.05, 4.69) is 25.9 Å². The normalized spacial score (nSPS) is 15.5. The maximum Gasteiger partial charge on any atom is 0.339 e. The zero-order valence-corrected chi connectivity index (χ0v) is 18.8.